The van der Waals surface area contributed by atoms with E-state index in [9.17, 15) is 0 Å². The van der Waals surface area contributed by atoms with Gasteiger partial charge in [0.1, 0.15) is 0 Å². The largest absolute Gasteiger partial charge is 0.400 e. The van der Waals surface area contributed by atoms with Crippen LogP contribution in [0.5, 0.6) is 0 Å². The molecule has 0 bridgehead atoms. The molecule has 4 radical (unpaired) electrons. The van der Waals surface area contributed by atoms with E-state index in [0.29, 0.717) is 5.72 Å². The molecule has 2 nitrogen and oxygen atoms in total. The van der Waals surface area contributed by atoms with E-state index in [2.05, 4.69) is 4.98 Å². The standard InChI is InChI=1S/C4H4B2N2/c1-3-2-8(6)4(5)7-3/h2H,1H3. The van der Waals surface area contributed by atoms with Crippen molar-refractivity contribution in [2.24, 2.45) is 0 Å². The zero-order chi connectivity index (χ0) is 6.15. The van der Waals surface area contributed by atoms with Crippen molar-refractivity contribution in [1.82, 2.24) is 9.46 Å². The topological polar surface area (TPSA) is 17.8 Å². The summed E-state index contributed by atoms with van der Waals surface area (Å²) < 4.78 is 1.29. The van der Waals surface area contributed by atoms with Crippen molar-refractivity contribution in [1.29, 1.82) is 0 Å². The Labute approximate surface area is 50.8 Å². The first-order chi connectivity index (χ1) is 3.70. The van der Waals surface area contributed by atoms with Gasteiger partial charge in [-0.05, 0) is 6.92 Å². The Morgan fingerprint density at radius 1 is 1.75 bits per heavy atom. The fourth-order valence-corrected chi connectivity index (χ4v) is 0.535. The molecule has 0 saturated heterocycles. The highest BCUT2D eigenvalue weighted by atomic mass is 15.0. The minimum absolute atomic E-state index is 0.350. The van der Waals surface area contributed by atoms with Crippen molar-refractivity contribution in [2.75, 3.05) is 0 Å². The van der Waals surface area contributed by atoms with E-state index < -0.39 is 0 Å². The lowest BCUT2D eigenvalue weighted by Gasteiger charge is -1.88. The molecule has 0 atom stereocenters. The average Bonchev–Trinajstić information content (AvgIpc) is 1.85. The highest BCUT2D eigenvalue weighted by Gasteiger charge is 1.90. The lowest BCUT2D eigenvalue weighted by molar-refractivity contribution is 1.29. The van der Waals surface area contributed by atoms with Gasteiger partial charge in [-0.1, -0.05) is 0 Å². The molecule has 1 rings (SSSR count). The predicted octanol–water partition coefficient (Wildman–Crippen LogP) is -1.08. The van der Waals surface area contributed by atoms with Gasteiger partial charge in [0.25, 0.3) is 0 Å². The van der Waals surface area contributed by atoms with E-state index in [-0.39, 0.29) is 0 Å². The van der Waals surface area contributed by atoms with Crippen LogP contribution < -0.4 is 5.72 Å². The van der Waals surface area contributed by atoms with Crippen molar-refractivity contribution in [2.45, 2.75) is 6.92 Å². The van der Waals surface area contributed by atoms with Crippen LogP contribution >= 0.6 is 0 Å². The highest BCUT2D eigenvalue weighted by molar-refractivity contribution is 6.32. The van der Waals surface area contributed by atoms with Gasteiger partial charge in [-0.3, -0.25) is 4.98 Å². The Kier molecular flexibility index (Phi) is 1.16. The normalized spacial score (nSPS) is 9.62. The SMILES string of the molecule is [B]c1nc(C)cn1[B]. The highest BCUT2D eigenvalue weighted by Crippen LogP contribution is 1.83. The number of rotatable bonds is 0. The van der Waals surface area contributed by atoms with Crippen LogP contribution in [0.2, 0.25) is 0 Å². The second-order valence-electron chi connectivity index (χ2n) is 1.65. The molecule has 8 heavy (non-hydrogen) atoms. The molecule has 0 aliphatic heterocycles. The number of hydrogen-bond donors (Lipinski definition) is 0. The Balaban J connectivity index is 3.14. The van der Waals surface area contributed by atoms with Gasteiger partial charge in [0.15, 0.2) is 7.85 Å². The first-order valence-corrected chi connectivity index (χ1v) is 2.26. The van der Waals surface area contributed by atoms with Crippen molar-refractivity contribution in [3.05, 3.63) is 11.9 Å². The van der Waals surface area contributed by atoms with Crippen LogP contribution in [0.4, 0.5) is 0 Å². The molecule has 0 unspecified atom stereocenters. The van der Waals surface area contributed by atoms with Crippen molar-refractivity contribution < 1.29 is 0 Å². The fraction of sp³-hybridized carbons (Fsp3) is 0.250. The first kappa shape index (κ1) is 5.48. The number of imidazole rings is 1. The van der Waals surface area contributed by atoms with E-state index in [1.54, 1.807) is 6.20 Å². The van der Waals surface area contributed by atoms with Gasteiger partial charge in [0.2, 0.25) is 7.98 Å². The molecule has 0 fully saturated rings. The smallest absolute Gasteiger partial charge is 0.234 e. The molecular formula is C4H4B2N2. The van der Waals surface area contributed by atoms with Crippen LogP contribution in [0.1, 0.15) is 5.69 Å². The van der Waals surface area contributed by atoms with Gasteiger partial charge in [-0.15, -0.1) is 0 Å². The molecule has 0 aromatic carbocycles. The van der Waals surface area contributed by atoms with Crippen LogP contribution in [-0.2, 0) is 0 Å². The Morgan fingerprint density at radius 2 is 2.38 bits per heavy atom. The fourth-order valence-electron chi connectivity index (χ4n) is 0.535. The maximum absolute atomic E-state index is 5.27. The molecule has 0 N–H and O–H groups in total. The van der Waals surface area contributed by atoms with Gasteiger partial charge >= 0.3 is 0 Å². The van der Waals surface area contributed by atoms with Gasteiger partial charge in [-0.25, -0.2) is 0 Å². The third-order valence-electron chi connectivity index (χ3n) is 0.881. The number of aromatic nitrogens is 2. The molecule has 0 aliphatic rings. The van der Waals surface area contributed by atoms with E-state index in [0.717, 1.165) is 5.69 Å². The lowest BCUT2D eigenvalue weighted by atomic mass is 10.1. The number of aryl methyl sites for hydroxylation is 1. The molecule has 1 heterocycles. The summed E-state index contributed by atoms with van der Waals surface area (Å²) in [6.07, 6.45) is 1.66. The second-order valence-corrected chi connectivity index (χ2v) is 1.65. The molecule has 0 aliphatic carbocycles. The van der Waals surface area contributed by atoms with E-state index in [1.165, 1.54) is 4.48 Å². The van der Waals surface area contributed by atoms with Gasteiger partial charge in [0, 0.05) is 11.9 Å². The molecule has 0 spiro atoms. The monoisotopic (exact) mass is 102 g/mol. The zero-order valence-electron chi connectivity index (χ0n) is 4.63. The van der Waals surface area contributed by atoms with E-state index in [1.807, 2.05) is 6.92 Å². The van der Waals surface area contributed by atoms with Crippen molar-refractivity contribution in [3.63, 3.8) is 0 Å². The van der Waals surface area contributed by atoms with Crippen LogP contribution in [-0.4, -0.2) is 25.3 Å². The van der Waals surface area contributed by atoms with Crippen LogP contribution in [0, 0.1) is 6.92 Å². The Bertz CT molecular complexity index is 174. The minimum atomic E-state index is 0.350. The molecular weight excluding hydrogens is 97.7 g/mol. The Morgan fingerprint density at radius 3 is 2.50 bits per heavy atom. The van der Waals surface area contributed by atoms with E-state index in [4.69, 9.17) is 15.8 Å². The summed E-state index contributed by atoms with van der Waals surface area (Å²) in [4.78, 5) is 3.83. The molecule has 1 aromatic heterocycles. The number of nitrogens with zero attached hydrogens (tertiary/aromatic N) is 2. The Hall–Kier alpha value is -0.660. The second kappa shape index (κ2) is 1.69. The van der Waals surface area contributed by atoms with Crippen LogP contribution in [0.15, 0.2) is 6.20 Å². The predicted molar refractivity (Wildman–Crippen MR) is 33.5 cm³/mol. The number of hydrogen-bond acceptors (Lipinski definition) is 1. The van der Waals surface area contributed by atoms with Crippen molar-refractivity contribution >= 4 is 21.6 Å². The first-order valence-electron chi connectivity index (χ1n) is 2.26. The maximum atomic E-state index is 5.27. The third-order valence-corrected chi connectivity index (χ3v) is 0.881. The summed E-state index contributed by atoms with van der Waals surface area (Å²) in [5, 5.41) is 0. The third kappa shape index (κ3) is 0.782. The minimum Gasteiger partial charge on any atom is -0.400 e. The summed E-state index contributed by atoms with van der Waals surface area (Å²) in [5.41, 5.74) is 1.19. The molecule has 1 aromatic rings. The summed E-state index contributed by atoms with van der Waals surface area (Å²) in [6, 6.07) is 0. The zero-order valence-corrected chi connectivity index (χ0v) is 4.63. The molecule has 0 saturated carbocycles. The molecule has 4 heteroatoms. The quantitative estimate of drug-likeness (QED) is 0.380. The average molecular weight is 102 g/mol. The maximum Gasteiger partial charge on any atom is 0.234 e. The van der Waals surface area contributed by atoms with E-state index >= 15 is 0 Å². The molecule has 0 amide bonds. The lowest BCUT2D eigenvalue weighted by Crippen LogP contribution is -2.16. The van der Waals surface area contributed by atoms with Gasteiger partial charge < -0.3 is 4.48 Å². The summed E-state index contributed by atoms with van der Waals surface area (Å²) in [6.45, 7) is 1.83. The van der Waals surface area contributed by atoms with Gasteiger partial charge in [0.05, 0.1) is 5.69 Å². The van der Waals surface area contributed by atoms with Crippen molar-refractivity contribution in [3.8, 4) is 0 Å². The van der Waals surface area contributed by atoms with Gasteiger partial charge in [-0.2, -0.15) is 0 Å². The summed E-state index contributed by atoms with van der Waals surface area (Å²) in [7, 11) is 10.5. The summed E-state index contributed by atoms with van der Waals surface area (Å²) in [5.74, 6) is 0. The molecule has 36 valence electrons. The van der Waals surface area contributed by atoms with Crippen LogP contribution in [0.3, 0.4) is 0 Å². The van der Waals surface area contributed by atoms with Crippen LogP contribution in [0.25, 0.3) is 0 Å². The summed E-state index contributed by atoms with van der Waals surface area (Å²) >= 11 is 0.